The van der Waals surface area contributed by atoms with E-state index in [0.29, 0.717) is 232 Å². The lowest BCUT2D eigenvalue weighted by atomic mass is 10.1. The first-order valence-corrected chi connectivity index (χ1v) is 31.4. The highest BCUT2D eigenvalue weighted by atomic mass is 35.6. The highest BCUT2D eigenvalue weighted by molar-refractivity contribution is 7.05. The molecule has 24 nitrogen and oxygen atoms in total. The largest absolute Gasteiger partial charge is 0.722 e. The van der Waals surface area contributed by atoms with Gasteiger partial charge in [0.05, 0.1) is 154 Å². The molecule has 10 rings (SSSR count). The molecule has 0 saturated heterocycles. The van der Waals surface area contributed by atoms with E-state index in [1.807, 2.05) is 79.9 Å². The molecule has 0 atom stereocenters. The summed E-state index contributed by atoms with van der Waals surface area (Å²) >= 11 is -3.30. The number of hydrogen-bond donors (Lipinski definition) is 0. The monoisotopic (exact) mass is 1220 g/mol. The van der Waals surface area contributed by atoms with E-state index < -0.39 is 13.7 Å². The van der Waals surface area contributed by atoms with Gasteiger partial charge in [0.2, 0.25) is 0 Å². The van der Waals surface area contributed by atoms with Gasteiger partial charge in [0.1, 0.15) is 72.0 Å². The lowest BCUT2D eigenvalue weighted by Gasteiger charge is -2.15. The summed E-state index contributed by atoms with van der Waals surface area (Å²) in [5.74, 6) is 4.47. The van der Waals surface area contributed by atoms with E-state index in [-0.39, 0.29) is 39.6 Å². The van der Waals surface area contributed by atoms with Crippen LogP contribution in [0.3, 0.4) is 0 Å². The summed E-state index contributed by atoms with van der Waals surface area (Å²) in [7, 11) is 14.9. The van der Waals surface area contributed by atoms with Crippen LogP contribution in [0.15, 0.2) is 103 Å². The van der Waals surface area contributed by atoms with Gasteiger partial charge in [-0.3, -0.25) is 0 Å². The number of amidine groups is 4. The molecule has 26 heteroatoms. The topological polar surface area (TPSA) is 232 Å². The van der Waals surface area contributed by atoms with Gasteiger partial charge in [-0.05, 0) is 24.3 Å². The number of rotatable bonds is 40. The minimum absolute atomic E-state index is 0.206. The fraction of sp³-hybridized carbons (Fsp3) is 0.467. The molecule has 6 aromatic rings. The van der Waals surface area contributed by atoms with E-state index in [0.717, 1.165) is 0 Å². The van der Waals surface area contributed by atoms with E-state index in [9.17, 15) is 0 Å². The molecule has 0 aliphatic carbocycles. The number of nitrogens with zero attached hydrogens (tertiary/aromatic N) is 8. The Morgan fingerprint density at radius 1 is 0.326 bits per heavy atom. The second kappa shape index (κ2) is 32.7. The maximum Gasteiger partial charge on any atom is 0.722 e. The summed E-state index contributed by atoms with van der Waals surface area (Å²) < 4.78 is 97.0. The van der Waals surface area contributed by atoms with Crippen molar-refractivity contribution in [1.82, 2.24) is 7.10 Å². The van der Waals surface area contributed by atoms with Crippen LogP contribution in [0.4, 0.5) is 11.6 Å². The molecule has 4 aliphatic heterocycles. The van der Waals surface area contributed by atoms with Crippen molar-refractivity contribution >= 4 is 80.2 Å². The van der Waals surface area contributed by atoms with Gasteiger partial charge in [-0.1, -0.05) is 48.5 Å². The van der Waals surface area contributed by atoms with Crippen LogP contribution in [0, 0.1) is 0 Å². The normalized spacial score (nSPS) is 13.7. The Bertz CT molecular complexity index is 3500. The molecule has 2 aromatic heterocycles. The number of aliphatic imine (C=N–C) groups is 4. The van der Waals surface area contributed by atoms with Crippen molar-refractivity contribution in [3.8, 4) is 23.0 Å². The van der Waals surface area contributed by atoms with Gasteiger partial charge < -0.3 is 82.9 Å². The van der Waals surface area contributed by atoms with Crippen LogP contribution in [-0.4, -0.2) is 231 Å². The SMILES string of the molecule is COCCOCCOCCOc1cccc2c1C1=NC2=Nc2c3c(OCCOCCOCCOC)cccc3c3[n]2[Al]([Cl])[n]2c(c4cccc(OCCOCCOCCOC)c4c2=NC2=NC(=N3)c3c(OCCOCCOCCOC)cccc32)=N1. The summed E-state index contributed by atoms with van der Waals surface area (Å²) in [6.45, 7) is 9.16. The van der Waals surface area contributed by atoms with Crippen LogP contribution in [0.1, 0.15) is 22.3 Å². The molecule has 6 bridgehead atoms. The molecule has 0 radical (unpaired) electrons. The standard InChI is InChI=1S/C60H72N8O16.Al.ClH/c1-69-17-21-73-25-29-77-33-37-81-45-13-5-9-41-49(45)57-61-53(41)66-58-51-43(11-7-15-47(51)83-39-35-79-31-27-75-23-19-71-3)55(63-58)68-60-52-44(12-8-16-48(52)84-40-36-80-32-28-76-24-20-72-4)56(64-60)67-59-50-42(54(62-59)65-57)10-6-14-46(50)82-38-34-78-30-26-74-22-18-70-2;;/h5-16H,17-40H2,1-4H3;;1H/q-2;+3;/p-1. The fourth-order valence-electron chi connectivity index (χ4n) is 9.81. The molecule has 458 valence electrons. The highest BCUT2D eigenvalue weighted by Gasteiger charge is 2.40. The van der Waals surface area contributed by atoms with Crippen molar-refractivity contribution in [1.29, 1.82) is 0 Å². The Morgan fingerprint density at radius 2 is 0.674 bits per heavy atom. The molecule has 0 unspecified atom stereocenters. The molecule has 0 amide bonds. The molecule has 86 heavy (non-hydrogen) atoms. The lowest BCUT2D eigenvalue weighted by molar-refractivity contribution is 0.0179. The number of halogens is 1. The maximum absolute atomic E-state index is 8.36. The van der Waals surface area contributed by atoms with Gasteiger partial charge in [0, 0.05) is 50.3 Å². The Hall–Kier alpha value is -6.22. The molecule has 0 fully saturated rings. The number of methoxy groups -OCH3 is 4. The molecule has 6 heterocycles. The molecule has 0 N–H and O–H groups in total. The van der Waals surface area contributed by atoms with E-state index >= 15 is 0 Å². The van der Waals surface area contributed by atoms with Crippen molar-refractivity contribution < 1.29 is 75.8 Å². The first-order valence-electron chi connectivity index (χ1n) is 28.7. The van der Waals surface area contributed by atoms with Gasteiger partial charge in [-0.15, -0.1) is 0 Å². The van der Waals surface area contributed by atoms with Crippen molar-refractivity contribution in [3.05, 3.63) is 106 Å². The van der Waals surface area contributed by atoms with Gasteiger partial charge in [-0.2, -0.15) is 10.0 Å². The molecule has 0 saturated carbocycles. The summed E-state index contributed by atoms with van der Waals surface area (Å²) in [6.07, 6.45) is 0. The van der Waals surface area contributed by atoms with E-state index in [2.05, 4.69) is 0 Å². The van der Waals surface area contributed by atoms with Crippen LogP contribution >= 0.6 is 10.0 Å². The molecule has 0 spiro atoms. The summed E-state index contributed by atoms with van der Waals surface area (Å²) in [5, 5.41) is 2.65. The number of fused-ring (bicyclic) bond motifs is 14. The average molecular weight is 1220 g/mol. The van der Waals surface area contributed by atoms with Crippen molar-refractivity contribution in [3.63, 3.8) is 0 Å². The predicted molar refractivity (Wildman–Crippen MR) is 323 cm³/mol. The predicted octanol–water partition coefficient (Wildman–Crippen LogP) is 5.39. The maximum atomic E-state index is 8.36. The van der Waals surface area contributed by atoms with Crippen LogP contribution in [-0.2, 0) is 56.8 Å². The molecular formula is C60H72AlClN8O16. The van der Waals surface area contributed by atoms with E-state index in [1.54, 1.807) is 28.4 Å². The number of aromatic nitrogens is 2. The van der Waals surface area contributed by atoms with Crippen LogP contribution < -0.4 is 29.9 Å². The van der Waals surface area contributed by atoms with Gasteiger partial charge in [-0.25, -0.2) is 30.0 Å². The van der Waals surface area contributed by atoms with Gasteiger partial charge in [0.25, 0.3) is 0 Å². The van der Waals surface area contributed by atoms with Crippen LogP contribution in [0.2, 0.25) is 0 Å². The Morgan fingerprint density at radius 3 is 1.15 bits per heavy atom. The van der Waals surface area contributed by atoms with Crippen molar-refractivity contribution in [2.75, 3.05) is 187 Å². The first-order chi connectivity index (χ1) is 42.5. The third-order valence-corrected chi connectivity index (χ3v) is 16.7. The summed E-state index contributed by atoms with van der Waals surface area (Å²) in [6, 6.07) is 23.1. The minimum Gasteiger partial charge on any atom is -0.490 e. The number of hydrogen-bond acceptors (Lipinski definition) is 22. The van der Waals surface area contributed by atoms with Crippen molar-refractivity contribution in [2.24, 2.45) is 30.0 Å². The smallest absolute Gasteiger partial charge is 0.490 e. The number of ether oxygens (including phenoxy) is 16. The summed E-state index contributed by atoms with van der Waals surface area (Å²) in [5.41, 5.74) is 3.56. The fourth-order valence-corrected chi connectivity index (χ4v) is 12.7. The van der Waals surface area contributed by atoms with Crippen molar-refractivity contribution in [2.45, 2.75) is 0 Å². The number of benzene rings is 4. The Kier molecular flexibility index (Phi) is 23.9. The zero-order valence-corrected chi connectivity index (χ0v) is 50.9. The third kappa shape index (κ3) is 15.2. The molecular weight excluding hydrogens is 1150 g/mol. The molecule has 4 aromatic carbocycles. The van der Waals surface area contributed by atoms with Gasteiger partial charge in [0.15, 0.2) is 23.3 Å². The van der Waals surface area contributed by atoms with Crippen LogP contribution in [0.25, 0.3) is 21.5 Å². The Labute approximate surface area is 506 Å². The van der Waals surface area contributed by atoms with E-state index in [1.165, 1.54) is 0 Å². The Balaban J connectivity index is 1.12. The average Bonchev–Trinajstić information content (AvgIpc) is 1.81. The van der Waals surface area contributed by atoms with Gasteiger partial charge >= 0.3 is 13.7 Å². The second-order valence-corrected chi connectivity index (χ2v) is 22.1. The second-order valence-electron chi connectivity index (χ2n) is 19.3. The minimum atomic E-state index is -3.30. The summed E-state index contributed by atoms with van der Waals surface area (Å²) in [4.78, 5) is 32.6. The third-order valence-electron chi connectivity index (χ3n) is 13.7. The zero-order valence-electron chi connectivity index (χ0n) is 49.0. The first kappa shape index (κ1) is 62.8. The molecule has 4 aliphatic rings. The zero-order chi connectivity index (χ0) is 59.3. The lowest BCUT2D eigenvalue weighted by Crippen LogP contribution is -2.43. The highest BCUT2D eigenvalue weighted by Crippen LogP contribution is 2.46. The quantitative estimate of drug-likeness (QED) is 0.0347. The van der Waals surface area contributed by atoms with E-state index in [4.69, 9.17) is 116 Å². The van der Waals surface area contributed by atoms with Crippen LogP contribution in [0.5, 0.6) is 23.0 Å².